The molecule has 4 aromatic rings. The van der Waals surface area contributed by atoms with Gasteiger partial charge in [0.2, 0.25) is 0 Å². The van der Waals surface area contributed by atoms with Crippen molar-refractivity contribution < 1.29 is 9.47 Å². The fraction of sp³-hybridized carbons (Fsp3) is 0.333. The monoisotopic (exact) mass is 445 g/mol. The zero-order chi connectivity index (χ0) is 22.6. The molecular formula is C24H27N7O2. The molecule has 2 aromatic carbocycles. The molecule has 1 aliphatic rings. The number of benzene rings is 2. The van der Waals surface area contributed by atoms with Crippen molar-refractivity contribution in [1.29, 1.82) is 0 Å². The normalized spacial score (nSPS) is 13.6. The first-order valence-electron chi connectivity index (χ1n) is 11.1. The lowest BCUT2D eigenvalue weighted by molar-refractivity contribution is 0.194. The lowest BCUT2D eigenvalue weighted by Gasteiger charge is -2.26. The van der Waals surface area contributed by atoms with E-state index in [1.807, 2.05) is 24.3 Å². The van der Waals surface area contributed by atoms with Crippen LogP contribution in [0, 0.1) is 6.92 Å². The maximum Gasteiger partial charge on any atom is 0.162 e. The van der Waals surface area contributed by atoms with Gasteiger partial charge in [0.15, 0.2) is 11.5 Å². The number of fused-ring (bicyclic) bond motifs is 2. The fourth-order valence-electron chi connectivity index (χ4n) is 3.99. The minimum Gasteiger partial charge on any atom is -0.493 e. The third-order valence-electron chi connectivity index (χ3n) is 5.83. The number of methoxy groups -OCH3 is 1. The van der Waals surface area contributed by atoms with Crippen LogP contribution in [-0.4, -0.2) is 56.4 Å². The van der Waals surface area contributed by atoms with Gasteiger partial charge in [-0.1, -0.05) is 17.7 Å². The van der Waals surface area contributed by atoms with E-state index in [2.05, 4.69) is 54.0 Å². The highest BCUT2D eigenvalue weighted by Crippen LogP contribution is 2.34. The van der Waals surface area contributed by atoms with Gasteiger partial charge < -0.3 is 19.4 Å². The quantitative estimate of drug-likeness (QED) is 0.412. The van der Waals surface area contributed by atoms with Crippen LogP contribution in [0.15, 0.2) is 49.1 Å². The SMILES string of the molecule is COc1cc2ncnc(Nc3ccc(C)cc3)c2cc1OCCCN1CCn2cnnc2C1. The smallest absolute Gasteiger partial charge is 0.162 e. The second kappa shape index (κ2) is 9.41. The number of anilines is 2. The summed E-state index contributed by atoms with van der Waals surface area (Å²) in [4.78, 5) is 11.2. The Morgan fingerprint density at radius 3 is 2.79 bits per heavy atom. The molecule has 5 rings (SSSR count). The standard InChI is InChI=1S/C24H27N7O2/c1-17-4-6-18(7-5-17)28-24-19-12-22(21(32-2)13-20(19)25-15-26-24)33-11-3-8-30-9-10-31-16-27-29-23(31)14-30/h4-7,12-13,15-16H,3,8-11,14H2,1-2H3,(H,25,26,28). The zero-order valence-corrected chi connectivity index (χ0v) is 18.9. The lowest BCUT2D eigenvalue weighted by atomic mass is 10.2. The molecule has 1 N–H and O–H groups in total. The van der Waals surface area contributed by atoms with E-state index in [1.165, 1.54) is 5.56 Å². The molecule has 0 atom stereocenters. The molecular weight excluding hydrogens is 418 g/mol. The second-order valence-electron chi connectivity index (χ2n) is 8.15. The average Bonchev–Trinajstić information content (AvgIpc) is 3.31. The topological polar surface area (TPSA) is 90.2 Å². The van der Waals surface area contributed by atoms with E-state index in [0.29, 0.717) is 18.1 Å². The van der Waals surface area contributed by atoms with Gasteiger partial charge in [0.05, 0.1) is 25.8 Å². The Hall–Kier alpha value is -3.72. The van der Waals surface area contributed by atoms with Crippen LogP contribution in [0.25, 0.3) is 10.9 Å². The van der Waals surface area contributed by atoms with Gasteiger partial charge >= 0.3 is 0 Å². The number of nitrogens with one attached hydrogen (secondary N) is 1. The Balaban J connectivity index is 1.27. The van der Waals surface area contributed by atoms with Gasteiger partial charge in [-0.3, -0.25) is 4.90 Å². The molecule has 0 fully saturated rings. The summed E-state index contributed by atoms with van der Waals surface area (Å²) in [6.07, 6.45) is 4.25. The van der Waals surface area contributed by atoms with Gasteiger partial charge in [-0.2, -0.15) is 0 Å². The number of hydrogen-bond donors (Lipinski definition) is 1. The molecule has 0 bridgehead atoms. The van der Waals surface area contributed by atoms with Crippen LogP contribution in [0.3, 0.4) is 0 Å². The molecule has 3 heterocycles. The molecule has 0 saturated heterocycles. The molecule has 0 amide bonds. The summed E-state index contributed by atoms with van der Waals surface area (Å²) < 4.78 is 13.8. The van der Waals surface area contributed by atoms with Crippen LogP contribution in [0.2, 0.25) is 0 Å². The van der Waals surface area contributed by atoms with Crippen molar-refractivity contribution in [2.45, 2.75) is 26.4 Å². The Kier molecular flexibility index (Phi) is 6.03. The minimum atomic E-state index is 0.583. The molecule has 0 spiro atoms. The molecule has 33 heavy (non-hydrogen) atoms. The van der Waals surface area contributed by atoms with Gasteiger partial charge in [0.25, 0.3) is 0 Å². The van der Waals surface area contributed by atoms with Gasteiger partial charge in [0, 0.05) is 36.8 Å². The zero-order valence-electron chi connectivity index (χ0n) is 18.9. The van der Waals surface area contributed by atoms with Crippen LogP contribution in [0.4, 0.5) is 11.5 Å². The maximum absolute atomic E-state index is 6.13. The summed E-state index contributed by atoms with van der Waals surface area (Å²) in [6, 6.07) is 12.0. The first-order valence-corrected chi connectivity index (χ1v) is 11.1. The number of aryl methyl sites for hydroxylation is 1. The van der Waals surface area contributed by atoms with E-state index in [1.54, 1.807) is 19.8 Å². The van der Waals surface area contributed by atoms with Gasteiger partial charge in [-0.25, -0.2) is 9.97 Å². The highest BCUT2D eigenvalue weighted by molar-refractivity contribution is 5.93. The summed E-state index contributed by atoms with van der Waals surface area (Å²) in [5.74, 6) is 3.10. The molecule has 0 radical (unpaired) electrons. The number of nitrogens with zero attached hydrogens (tertiary/aromatic N) is 6. The first-order chi connectivity index (χ1) is 16.2. The van der Waals surface area contributed by atoms with Gasteiger partial charge in [-0.15, -0.1) is 10.2 Å². The minimum absolute atomic E-state index is 0.583. The summed E-state index contributed by atoms with van der Waals surface area (Å²) in [6.45, 7) is 6.33. The predicted octanol–water partition coefficient (Wildman–Crippen LogP) is 3.57. The molecule has 9 nitrogen and oxygen atoms in total. The van der Waals surface area contributed by atoms with Crippen molar-refractivity contribution in [3.05, 3.63) is 60.4 Å². The first kappa shape index (κ1) is 21.1. The third kappa shape index (κ3) is 4.73. The van der Waals surface area contributed by atoms with Crippen LogP contribution in [0.1, 0.15) is 17.8 Å². The third-order valence-corrected chi connectivity index (χ3v) is 5.83. The van der Waals surface area contributed by atoms with E-state index in [4.69, 9.17) is 9.47 Å². The largest absolute Gasteiger partial charge is 0.493 e. The Bertz CT molecular complexity index is 1240. The van der Waals surface area contributed by atoms with E-state index >= 15 is 0 Å². The summed E-state index contributed by atoms with van der Waals surface area (Å²) in [5.41, 5.74) is 2.97. The van der Waals surface area contributed by atoms with Crippen LogP contribution >= 0.6 is 0 Å². The van der Waals surface area contributed by atoms with Crippen LogP contribution in [0.5, 0.6) is 11.5 Å². The van der Waals surface area contributed by atoms with Crippen LogP contribution in [-0.2, 0) is 13.1 Å². The number of ether oxygens (including phenoxy) is 2. The molecule has 170 valence electrons. The summed E-state index contributed by atoms with van der Waals surface area (Å²) in [7, 11) is 1.64. The summed E-state index contributed by atoms with van der Waals surface area (Å²) >= 11 is 0. The van der Waals surface area contributed by atoms with Crippen molar-refractivity contribution in [1.82, 2.24) is 29.6 Å². The number of rotatable bonds is 8. The van der Waals surface area contributed by atoms with Crippen molar-refractivity contribution in [3.8, 4) is 11.5 Å². The molecule has 1 aliphatic heterocycles. The van der Waals surface area contributed by atoms with Crippen molar-refractivity contribution in [2.75, 3.05) is 32.1 Å². The number of hydrogen-bond acceptors (Lipinski definition) is 8. The fourth-order valence-corrected chi connectivity index (χ4v) is 3.99. The molecule has 0 saturated carbocycles. The van der Waals surface area contributed by atoms with Crippen LogP contribution < -0.4 is 14.8 Å². The Labute approximate surface area is 192 Å². The van der Waals surface area contributed by atoms with E-state index in [-0.39, 0.29) is 0 Å². The highest BCUT2D eigenvalue weighted by Gasteiger charge is 2.17. The van der Waals surface area contributed by atoms with Crippen molar-refractivity contribution >= 4 is 22.4 Å². The summed E-state index contributed by atoms with van der Waals surface area (Å²) in [5, 5.41) is 12.4. The van der Waals surface area contributed by atoms with E-state index in [9.17, 15) is 0 Å². The van der Waals surface area contributed by atoms with Crippen molar-refractivity contribution in [2.24, 2.45) is 0 Å². The molecule has 0 aliphatic carbocycles. The van der Waals surface area contributed by atoms with Crippen molar-refractivity contribution in [3.63, 3.8) is 0 Å². The average molecular weight is 446 g/mol. The Morgan fingerprint density at radius 1 is 1.06 bits per heavy atom. The Morgan fingerprint density at radius 2 is 1.94 bits per heavy atom. The second-order valence-corrected chi connectivity index (χ2v) is 8.15. The number of aromatic nitrogens is 5. The molecule has 0 unspecified atom stereocenters. The van der Waals surface area contributed by atoms with Gasteiger partial charge in [0.1, 0.15) is 24.3 Å². The highest BCUT2D eigenvalue weighted by atomic mass is 16.5. The van der Waals surface area contributed by atoms with E-state index < -0.39 is 0 Å². The maximum atomic E-state index is 6.13. The predicted molar refractivity (Wildman–Crippen MR) is 126 cm³/mol. The molecule has 9 heteroatoms. The van der Waals surface area contributed by atoms with Gasteiger partial charge in [-0.05, 0) is 31.5 Å². The molecule has 2 aromatic heterocycles. The lowest BCUT2D eigenvalue weighted by Crippen LogP contribution is -2.34. The van der Waals surface area contributed by atoms with E-state index in [0.717, 1.165) is 60.8 Å².